The highest BCUT2D eigenvalue weighted by Gasteiger charge is 2.08. The Balaban J connectivity index is 2.96. The maximum Gasteiger partial charge on any atom is 0.161 e. The van der Waals surface area contributed by atoms with Gasteiger partial charge in [0, 0.05) is 4.48 Å². The second-order valence-corrected chi connectivity index (χ2v) is 5.17. The van der Waals surface area contributed by atoms with Crippen LogP contribution < -0.4 is 9.47 Å². The maximum absolute atomic E-state index is 9.86. The Hall–Kier alpha value is -1.26. The molecule has 0 fully saturated rings. The molecular weight excluding hydrogens is 308 g/mol. The molecule has 19 heavy (non-hydrogen) atoms. The van der Waals surface area contributed by atoms with E-state index in [4.69, 9.17) is 9.47 Å². The van der Waals surface area contributed by atoms with E-state index in [-0.39, 0.29) is 0 Å². The van der Waals surface area contributed by atoms with Crippen molar-refractivity contribution in [1.82, 2.24) is 0 Å². The van der Waals surface area contributed by atoms with Crippen molar-refractivity contribution in [2.24, 2.45) is 0 Å². The summed E-state index contributed by atoms with van der Waals surface area (Å²) < 4.78 is 11.2. The van der Waals surface area contributed by atoms with Crippen molar-refractivity contribution in [1.29, 1.82) is 0 Å². The summed E-state index contributed by atoms with van der Waals surface area (Å²) in [5.74, 6) is 1.33. The zero-order chi connectivity index (χ0) is 14.4. The Morgan fingerprint density at radius 1 is 1.37 bits per heavy atom. The van der Waals surface area contributed by atoms with Crippen LogP contribution in [-0.4, -0.2) is 25.4 Å². The third-order valence-corrected chi connectivity index (χ3v) is 3.28. The van der Waals surface area contributed by atoms with Gasteiger partial charge in [0.25, 0.3) is 0 Å². The highest BCUT2D eigenvalue weighted by atomic mass is 79.9. The highest BCUT2D eigenvalue weighted by molar-refractivity contribution is 9.15. The summed E-state index contributed by atoms with van der Waals surface area (Å²) in [5, 5.41) is 9.86. The van der Waals surface area contributed by atoms with Crippen LogP contribution in [0.5, 0.6) is 11.5 Å². The first kappa shape index (κ1) is 15.8. The van der Waals surface area contributed by atoms with Crippen molar-refractivity contribution < 1.29 is 14.6 Å². The van der Waals surface area contributed by atoms with Gasteiger partial charge in [-0.05, 0) is 43.2 Å². The van der Waals surface area contributed by atoms with Crippen molar-refractivity contribution in [2.75, 3.05) is 14.2 Å². The first-order valence-electron chi connectivity index (χ1n) is 5.90. The van der Waals surface area contributed by atoms with Crippen LogP contribution in [0, 0.1) is 0 Å². The van der Waals surface area contributed by atoms with Crippen molar-refractivity contribution in [3.63, 3.8) is 0 Å². The first-order chi connectivity index (χ1) is 8.97. The van der Waals surface area contributed by atoms with Crippen LogP contribution in [0.3, 0.4) is 0 Å². The van der Waals surface area contributed by atoms with Crippen LogP contribution >= 0.6 is 15.9 Å². The van der Waals surface area contributed by atoms with Gasteiger partial charge in [0.15, 0.2) is 11.5 Å². The molecule has 3 nitrogen and oxygen atoms in total. The largest absolute Gasteiger partial charge is 0.493 e. The first-order valence-corrected chi connectivity index (χ1v) is 6.69. The quantitative estimate of drug-likeness (QED) is 0.809. The van der Waals surface area contributed by atoms with Crippen molar-refractivity contribution in [2.45, 2.75) is 19.4 Å². The van der Waals surface area contributed by atoms with Crippen LogP contribution in [-0.2, 0) is 0 Å². The molecule has 1 unspecified atom stereocenters. The summed E-state index contributed by atoms with van der Waals surface area (Å²) in [6.07, 6.45) is 1.73. The molecule has 1 aromatic carbocycles. The molecule has 4 heteroatoms. The van der Waals surface area contributed by atoms with E-state index in [1.807, 2.05) is 25.1 Å². The van der Waals surface area contributed by atoms with Gasteiger partial charge in [-0.2, -0.15) is 0 Å². The molecule has 0 amide bonds. The van der Waals surface area contributed by atoms with E-state index < -0.39 is 6.10 Å². The zero-order valence-corrected chi connectivity index (χ0v) is 13.0. The van der Waals surface area contributed by atoms with Gasteiger partial charge >= 0.3 is 0 Å². The van der Waals surface area contributed by atoms with Gasteiger partial charge in [-0.25, -0.2) is 0 Å². The zero-order valence-electron chi connectivity index (χ0n) is 11.4. The number of methoxy groups -OCH3 is 2. The van der Waals surface area contributed by atoms with Crippen LogP contribution in [0.15, 0.2) is 36.4 Å². The molecule has 0 saturated carbocycles. The molecule has 1 aromatic rings. The van der Waals surface area contributed by atoms with Gasteiger partial charge in [0.05, 0.1) is 20.3 Å². The molecule has 104 valence electrons. The van der Waals surface area contributed by atoms with E-state index in [1.54, 1.807) is 20.3 Å². The fraction of sp³-hybridized carbons (Fsp3) is 0.333. The molecule has 1 atom stereocenters. The van der Waals surface area contributed by atoms with Gasteiger partial charge in [-0.1, -0.05) is 21.5 Å². The summed E-state index contributed by atoms with van der Waals surface area (Å²) in [4.78, 5) is 0. The van der Waals surface area contributed by atoms with Crippen molar-refractivity contribution >= 4 is 20.4 Å². The third-order valence-electron chi connectivity index (χ3n) is 2.56. The summed E-state index contributed by atoms with van der Waals surface area (Å²) in [6.45, 7) is 5.67. The Morgan fingerprint density at radius 2 is 2.00 bits per heavy atom. The maximum atomic E-state index is 9.86. The molecule has 0 bridgehead atoms. The molecule has 0 radical (unpaired) electrons. The van der Waals surface area contributed by atoms with Gasteiger partial charge < -0.3 is 14.6 Å². The summed E-state index contributed by atoms with van der Waals surface area (Å²) in [5.41, 5.74) is 1.86. The number of benzene rings is 1. The number of hydrogen-bond donors (Lipinski definition) is 1. The van der Waals surface area contributed by atoms with E-state index in [2.05, 4.69) is 22.5 Å². The van der Waals surface area contributed by atoms with Gasteiger partial charge in [-0.3, -0.25) is 0 Å². The minimum Gasteiger partial charge on any atom is -0.493 e. The van der Waals surface area contributed by atoms with Gasteiger partial charge in [0.1, 0.15) is 0 Å². The molecule has 0 aromatic heterocycles. The van der Waals surface area contributed by atoms with Crippen LogP contribution in [0.2, 0.25) is 0 Å². The number of hydrogen-bond acceptors (Lipinski definition) is 3. The van der Waals surface area contributed by atoms with E-state index in [0.717, 1.165) is 15.6 Å². The molecule has 1 rings (SSSR count). The summed E-state index contributed by atoms with van der Waals surface area (Å²) in [6, 6.07) is 5.58. The van der Waals surface area contributed by atoms with Gasteiger partial charge in [-0.15, -0.1) is 6.58 Å². The molecular formula is C15H19BrO3. The number of halogens is 1. The number of aliphatic hydroxyl groups excluding tert-OH is 1. The topological polar surface area (TPSA) is 38.7 Å². The van der Waals surface area contributed by atoms with Crippen LogP contribution in [0.25, 0.3) is 4.48 Å². The van der Waals surface area contributed by atoms with Gasteiger partial charge in [0.2, 0.25) is 0 Å². The average molecular weight is 327 g/mol. The lowest BCUT2D eigenvalue weighted by molar-refractivity contribution is 0.224. The Morgan fingerprint density at radius 3 is 2.53 bits per heavy atom. The highest BCUT2D eigenvalue weighted by Crippen LogP contribution is 2.32. The van der Waals surface area contributed by atoms with E-state index in [0.29, 0.717) is 17.9 Å². The van der Waals surface area contributed by atoms with E-state index in [1.165, 1.54) is 0 Å². The standard InChI is InChI=1S/C15H19BrO3/c1-10(2)7-12(17)9-13(16)11-5-6-14(18-3)15(8-11)19-4/h5-6,8-9,12,17H,1,7H2,2-4H3/b13-9-. The SMILES string of the molecule is C=C(C)CC(O)/C=C(\Br)c1ccc(OC)c(OC)c1. The third kappa shape index (κ3) is 4.73. The van der Waals surface area contributed by atoms with Crippen LogP contribution in [0.1, 0.15) is 18.9 Å². The number of rotatable bonds is 6. The normalized spacial score (nSPS) is 13.0. The minimum absolute atomic E-state index is 0.544. The van der Waals surface area contributed by atoms with E-state index >= 15 is 0 Å². The Labute approximate surface area is 122 Å². The molecule has 1 N–H and O–H groups in total. The predicted molar refractivity (Wildman–Crippen MR) is 81.9 cm³/mol. The number of aliphatic hydroxyl groups is 1. The van der Waals surface area contributed by atoms with E-state index in [9.17, 15) is 5.11 Å². The Kier molecular flexibility index (Phi) is 6.12. The predicted octanol–water partition coefficient (Wildman–Crippen LogP) is 3.77. The fourth-order valence-electron chi connectivity index (χ4n) is 1.67. The minimum atomic E-state index is -0.556. The molecule has 0 aliphatic rings. The van der Waals surface area contributed by atoms with Crippen molar-refractivity contribution in [3.8, 4) is 11.5 Å². The van der Waals surface area contributed by atoms with Crippen LogP contribution in [0.4, 0.5) is 0 Å². The lowest BCUT2D eigenvalue weighted by atomic mass is 10.1. The average Bonchev–Trinajstić information content (AvgIpc) is 2.36. The molecule has 0 aliphatic carbocycles. The second-order valence-electron chi connectivity index (χ2n) is 4.31. The molecule has 0 heterocycles. The fourth-order valence-corrected chi connectivity index (χ4v) is 2.22. The van der Waals surface area contributed by atoms with Crippen molar-refractivity contribution in [3.05, 3.63) is 42.0 Å². The lowest BCUT2D eigenvalue weighted by Gasteiger charge is -2.10. The summed E-state index contributed by atoms with van der Waals surface area (Å²) >= 11 is 3.46. The number of ether oxygens (including phenoxy) is 2. The second kappa shape index (κ2) is 7.36. The molecule has 0 saturated heterocycles. The summed E-state index contributed by atoms with van der Waals surface area (Å²) in [7, 11) is 3.19. The lowest BCUT2D eigenvalue weighted by Crippen LogP contribution is -2.02. The molecule has 0 spiro atoms. The Bertz CT molecular complexity index is 480. The monoisotopic (exact) mass is 326 g/mol. The smallest absolute Gasteiger partial charge is 0.161 e. The molecule has 0 aliphatic heterocycles.